The second-order valence-corrected chi connectivity index (χ2v) is 10.3. The molecule has 5 rings (SSSR count). The number of rotatable bonds is 9. The third-order valence-corrected chi connectivity index (χ3v) is 7.57. The molecule has 2 aromatic heterocycles. The lowest BCUT2D eigenvalue weighted by Gasteiger charge is -2.14. The van der Waals surface area contributed by atoms with Gasteiger partial charge in [-0.25, -0.2) is 0 Å². The maximum Gasteiger partial charge on any atom is 0.262 e. The molecule has 0 bridgehead atoms. The van der Waals surface area contributed by atoms with Crippen molar-refractivity contribution in [1.82, 2.24) is 29.8 Å². The first kappa shape index (κ1) is 25.0. The average Bonchev–Trinajstić information content (AvgIpc) is 3.59. The van der Waals surface area contributed by atoms with Gasteiger partial charge < -0.3 is 10.6 Å². The Balaban J connectivity index is 1.45. The predicted octanol–water partition coefficient (Wildman–Crippen LogP) is 3.54. The number of hydrogen-bond donors (Lipinski definition) is 2. The smallest absolute Gasteiger partial charge is 0.262 e. The highest BCUT2D eigenvalue weighted by molar-refractivity contribution is 7.99. The Bertz CT molecular complexity index is 1490. The minimum atomic E-state index is -0.170. The maximum atomic E-state index is 13.3. The molecule has 192 valence electrons. The van der Waals surface area contributed by atoms with Gasteiger partial charge in [-0.15, -0.1) is 10.2 Å². The molecule has 1 aliphatic rings. The van der Waals surface area contributed by atoms with Crippen LogP contribution >= 0.6 is 11.8 Å². The van der Waals surface area contributed by atoms with Crippen LogP contribution in [0, 0.1) is 0 Å². The summed E-state index contributed by atoms with van der Waals surface area (Å²) in [6, 6.07) is 15.0. The van der Waals surface area contributed by atoms with E-state index < -0.39 is 0 Å². The number of carbonyl (C=O) groups is 2. The van der Waals surface area contributed by atoms with E-state index in [1.165, 1.54) is 11.8 Å². The molecule has 2 amide bonds. The second kappa shape index (κ2) is 11.2. The van der Waals surface area contributed by atoms with Gasteiger partial charge in [-0.2, -0.15) is 0 Å². The Morgan fingerprint density at radius 2 is 1.86 bits per heavy atom. The van der Waals surface area contributed by atoms with E-state index in [4.69, 9.17) is 0 Å². The summed E-state index contributed by atoms with van der Waals surface area (Å²) in [4.78, 5) is 38.8. The van der Waals surface area contributed by atoms with Crippen LogP contribution in [0.1, 0.15) is 54.9 Å². The van der Waals surface area contributed by atoms with E-state index in [1.807, 2.05) is 37.3 Å². The molecule has 1 fully saturated rings. The van der Waals surface area contributed by atoms with Gasteiger partial charge >= 0.3 is 0 Å². The normalized spacial score (nSPS) is 13.9. The summed E-state index contributed by atoms with van der Waals surface area (Å²) in [7, 11) is 0. The van der Waals surface area contributed by atoms with Crippen LogP contribution in [0.25, 0.3) is 16.7 Å². The van der Waals surface area contributed by atoms with Gasteiger partial charge in [0.1, 0.15) is 0 Å². The molecular formula is C27H30N6O3S. The highest BCUT2D eigenvalue weighted by Gasteiger charge is 2.21. The zero-order valence-corrected chi connectivity index (χ0v) is 21.6. The number of carbonyl (C=O) groups excluding carboxylic acids is 2. The highest BCUT2D eigenvalue weighted by atomic mass is 32.2. The van der Waals surface area contributed by atoms with Gasteiger partial charge in [-0.3, -0.25) is 23.4 Å². The molecule has 0 aliphatic heterocycles. The lowest BCUT2D eigenvalue weighted by Crippen LogP contribution is -2.32. The van der Waals surface area contributed by atoms with Crippen LogP contribution < -0.4 is 16.2 Å². The Labute approximate surface area is 218 Å². The van der Waals surface area contributed by atoms with Crippen molar-refractivity contribution < 1.29 is 9.59 Å². The van der Waals surface area contributed by atoms with E-state index in [2.05, 4.69) is 20.8 Å². The molecule has 0 unspecified atom stereocenters. The maximum absolute atomic E-state index is 13.3. The SMILES string of the molecule is CCCn1c(=O)c2ccc(C(=O)NC3CCCC3)cc2n2c(SCC(=O)NCc3ccccc3)nnc12. The minimum absolute atomic E-state index is 0.131. The number of hydrogen-bond acceptors (Lipinski definition) is 6. The van der Waals surface area contributed by atoms with Crippen molar-refractivity contribution in [2.75, 3.05) is 5.75 Å². The largest absolute Gasteiger partial charge is 0.351 e. The van der Waals surface area contributed by atoms with Crippen LogP contribution in [0.2, 0.25) is 0 Å². The fourth-order valence-electron chi connectivity index (χ4n) is 4.76. The van der Waals surface area contributed by atoms with Gasteiger partial charge in [0.15, 0.2) is 5.16 Å². The van der Waals surface area contributed by atoms with Crippen molar-refractivity contribution in [2.24, 2.45) is 0 Å². The van der Waals surface area contributed by atoms with E-state index in [0.29, 0.717) is 40.5 Å². The standard InChI is InChI=1S/C27H30N6O3S/c1-2-14-32-25(36)21-13-12-19(24(35)29-20-10-6-7-11-20)15-22(21)33-26(32)30-31-27(33)37-17-23(34)28-16-18-8-4-3-5-9-18/h3-5,8-9,12-13,15,20H,2,6-7,10-11,14,16-17H2,1H3,(H,28,34)(H,29,35). The Hall–Kier alpha value is -3.66. The summed E-state index contributed by atoms with van der Waals surface area (Å²) in [6.07, 6.45) is 4.98. The zero-order chi connectivity index (χ0) is 25.8. The molecule has 4 aromatic rings. The lowest BCUT2D eigenvalue weighted by atomic mass is 10.1. The van der Waals surface area contributed by atoms with Crippen LogP contribution in [-0.2, 0) is 17.9 Å². The first-order valence-corrected chi connectivity index (χ1v) is 13.7. The summed E-state index contributed by atoms with van der Waals surface area (Å²) >= 11 is 1.25. The molecule has 0 spiro atoms. The summed E-state index contributed by atoms with van der Waals surface area (Å²) in [5.41, 5.74) is 1.89. The van der Waals surface area contributed by atoms with Crippen LogP contribution in [0.15, 0.2) is 58.5 Å². The topological polar surface area (TPSA) is 110 Å². The number of aryl methyl sites for hydroxylation is 1. The number of benzene rings is 2. The Kier molecular flexibility index (Phi) is 7.55. The monoisotopic (exact) mass is 518 g/mol. The molecule has 0 atom stereocenters. The molecule has 0 saturated heterocycles. The first-order valence-electron chi connectivity index (χ1n) is 12.7. The summed E-state index contributed by atoms with van der Waals surface area (Å²) in [6.45, 7) is 2.93. The van der Waals surface area contributed by atoms with E-state index in [0.717, 1.165) is 37.7 Å². The molecule has 1 saturated carbocycles. The fraction of sp³-hybridized carbons (Fsp3) is 0.370. The quantitative estimate of drug-likeness (QED) is 0.328. The van der Waals surface area contributed by atoms with Gasteiger partial charge in [0.05, 0.1) is 16.7 Å². The van der Waals surface area contributed by atoms with E-state index in [1.54, 1.807) is 27.2 Å². The third-order valence-electron chi connectivity index (χ3n) is 6.64. The minimum Gasteiger partial charge on any atom is -0.351 e. The van der Waals surface area contributed by atoms with Crippen molar-refractivity contribution in [3.05, 3.63) is 70.0 Å². The van der Waals surface area contributed by atoms with Crippen LogP contribution in [0.3, 0.4) is 0 Å². The molecule has 10 heteroatoms. The van der Waals surface area contributed by atoms with Crippen molar-refractivity contribution in [3.8, 4) is 0 Å². The van der Waals surface area contributed by atoms with Gasteiger partial charge in [0, 0.05) is 24.7 Å². The number of fused-ring (bicyclic) bond motifs is 3. The molecule has 2 aromatic carbocycles. The van der Waals surface area contributed by atoms with Crippen molar-refractivity contribution in [1.29, 1.82) is 0 Å². The third kappa shape index (κ3) is 5.39. The lowest BCUT2D eigenvalue weighted by molar-refractivity contribution is -0.118. The van der Waals surface area contributed by atoms with Gasteiger partial charge in [-0.1, -0.05) is 61.9 Å². The average molecular weight is 519 g/mol. The molecule has 1 aliphatic carbocycles. The van der Waals surface area contributed by atoms with Gasteiger partial charge in [-0.05, 0) is 43.0 Å². The number of thioether (sulfide) groups is 1. The molecular weight excluding hydrogens is 488 g/mol. The Morgan fingerprint density at radius 1 is 1.08 bits per heavy atom. The predicted molar refractivity (Wildman–Crippen MR) is 144 cm³/mol. The van der Waals surface area contributed by atoms with Crippen LogP contribution in [-0.4, -0.2) is 42.8 Å². The van der Waals surface area contributed by atoms with Crippen molar-refractivity contribution in [3.63, 3.8) is 0 Å². The number of nitrogens with one attached hydrogen (secondary N) is 2. The van der Waals surface area contributed by atoms with Crippen molar-refractivity contribution in [2.45, 2.75) is 63.3 Å². The molecule has 37 heavy (non-hydrogen) atoms. The molecule has 9 nitrogen and oxygen atoms in total. The van der Waals surface area contributed by atoms with E-state index in [-0.39, 0.29) is 29.2 Å². The fourth-order valence-corrected chi connectivity index (χ4v) is 5.53. The zero-order valence-electron chi connectivity index (χ0n) is 20.8. The van der Waals surface area contributed by atoms with Gasteiger partial charge in [0.2, 0.25) is 11.7 Å². The highest BCUT2D eigenvalue weighted by Crippen LogP contribution is 2.23. The number of aromatic nitrogens is 4. The first-order chi connectivity index (χ1) is 18.0. The van der Waals surface area contributed by atoms with Crippen LogP contribution in [0.4, 0.5) is 0 Å². The molecule has 2 heterocycles. The summed E-state index contributed by atoms with van der Waals surface area (Å²) < 4.78 is 3.39. The van der Waals surface area contributed by atoms with E-state index >= 15 is 0 Å². The van der Waals surface area contributed by atoms with Crippen molar-refractivity contribution >= 4 is 40.3 Å². The number of nitrogens with zero attached hydrogens (tertiary/aromatic N) is 4. The Morgan fingerprint density at radius 3 is 2.62 bits per heavy atom. The van der Waals surface area contributed by atoms with Crippen LogP contribution in [0.5, 0.6) is 0 Å². The second-order valence-electron chi connectivity index (χ2n) is 9.31. The van der Waals surface area contributed by atoms with E-state index in [9.17, 15) is 14.4 Å². The summed E-state index contributed by atoms with van der Waals surface area (Å²) in [5.74, 6) is 0.264. The molecule has 2 N–H and O–H groups in total. The molecule has 0 radical (unpaired) electrons. The summed E-state index contributed by atoms with van der Waals surface area (Å²) in [5, 5.41) is 15.6. The van der Waals surface area contributed by atoms with Gasteiger partial charge in [0.25, 0.3) is 11.5 Å². The number of amides is 2.